The van der Waals surface area contributed by atoms with E-state index < -0.39 is 0 Å². The molecule has 0 aliphatic carbocycles. The highest BCUT2D eigenvalue weighted by Gasteiger charge is 2.32. The quantitative estimate of drug-likeness (QED) is 0.450. The molecule has 4 unspecified atom stereocenters. The largest absolute Gasteiger partial charge is 0.398 e. The summed E-state index contributed by atoms with van der Waals surface area (Å²) in [6.45, 7) is 3.35. The number of nitrogens with two attached hydrogens (primary N) is 2. The molecule has 0 radical (unpaired) electrons. The molecule has 4 fully saturated rings. The van der Waals surface area contributed by atoms with E-state index >= 15 is 0 Å². The molecule has 4 aliphatic heterocycles. The van der Waals surface area contributed by atoms with Gasteiger partial charge in [-0.05, 0) is 45.5 Å². The molecule has 6 rings (SSSR count). The van der Waals surface area contributed by atoms with E-state index in [-0.39, 0.29) is 0 Å². The highest BCUT2D eigenvalue weighted by atomic mass is 16.6. The standard InChI is InChI=1S/C25H30N2O4/c26-24-3-1-14(5-16-10-28-16)20(7-17-11-29-17)22(24)6-15-2-4-25(27)23(9-19-13-31-19)21(15)8-18-12-30-18/h1-4,16-19H,5-13,26-27H2. The Bertz CT molecular complexity index is 992. The Morgan fingerprint density at radius 3 is 1.52 bits per heavy atom. The van der Waals surface area contributed by atoms with E-state index in [2.05, 4.69) is 18.2 Å². The molecule has 0 aromatic heterocycles. The van der Waals surface area contributed by atoms with E-state index in [0.717, 1.165) is 69.9 Å². The summed E-state index contributed by atoms with van der Waals surface area (Å²) in [5.74, 6) is 0. The van der Waals surface area contributed by atoms with E-state index in [0.29, 0.717) is 24.4 Å². The minimum absolute atomic E-state index is 0.297. The molecule has 31 heavy (non-hydrogen) atoms. The van der Waals surface area contributed by atoms with Gasteiger partial charge in [0.2, 0.25) is 0 Å². The molecule has 4 N–H and O–H groups in total. The molecule has 164 valence electrons. The molecule has 6 nitrogen and oxygen atoms in total. The van der Waals surface area contributed by atoms with Crippen molar-refractivity contribution >= 4 is 11.4 Å². The predicted octanol–water partition coefficient (Wildman–Crippen LogP) is 2.21. The van der Waals surface area contributed by atoms with Gasteiger partial charge in [0, 0.05) is 43.5 Å². The van der Waals surface area contributed by atoms with Crippen LogP contribution in [0.4, 0.5) is 11.4 Å². The van der Waals surface area contributed by atoms with Crippen LogP contribution in [0, 0.1) is 0 Å². The third kappa shape index (κ3) is 4.58. The van der Waals surface area contributed by atoms with Crippen LogP contribution in [0.3, 0.4) is 0 Å². The molecule has 0 amide bonds. The van der Waals surface area contributed by atoms with Gasteiger partial charge in [0.15, 0.2) is 0 Å². The lowest BCUT2D eigenvalue weighted by atomic mass is 9.85. The summed E-state index contributed by atoms with van der Waals surface area (Å²) in [5, 5.41) is 0. The zero-order valence-electron chi connectivity index (χ0n) is 17.8. The van der Waals surface area contributed by atoms with Crippen molar-refractivity contribution in [3.8, 4) is 0 Å². The van der Waals surface area contributed by atoms with Crippen LogP contribution in [0.2, 0.25) is 0 Å². The van der Waals surface area contributed by atoms with Crippen molar-refractivity contribution in [1.82, 2.24) is 0 Å². The third-order valence-corrected chi connectivity index (χ3v) is 6.85. The second-order valence-electron chi connectivity index (χ2n) is 9.36. The highest BCUT2D eigenvalue weighted by molar-refractivity contribution is 5.60. The van der Waals surface area contributed by atoms with Crippen molar-refractivity contribution in [1.29, 1.82) is 0 Å². The Hall–Kier alpha value is -2.12. The fraction of sp³-hybridized carbons (Fsp3) is 0.520. The second kappa shape index (κ2) is 7.78. The molecule has 0 spiro atoms. The Morgan fingerprint density at radius 2 is 0.968 bits per heavy atom. The molecule has 4 heterocycles. The van der Waals surface area contributed by atoms with E-state index in [1.54, 1.807) is 0 Å². The van der Waals surface area contributed by atoms with Crippen molar-refractivity contribution in [2.24, 2.45) is 0 Å². The number of anilines is 2. The Labute approximate surface area is 182 Å². The van der Waals surface area contributed by atoms with Crippen molar-refractivity contribution < 1.29 is 18.9 Å². The number of hydrogen-bond donors (Lipinski definition) is 2. The van der Waals surface area contributed by atoms with Gasteiger partial charge < -0.3 is 30.4 Å². The van der Waals surface area contributed by atoms with Crippen LogP contribution < -0.4 is 11.5 Å². The van der Waals surface area contributed by atoms with E-state index in [1.165, 1.54) is 33.4 Å². The average Bonchev–Trinajstić information content (AvgIpc) is 3.59. The highest BCUT2D eigenvalue weighted by Crippen LogP contribution is 2.35. The zero-order chi connectivity index (χ0) is 20.9. The fourth-order valence-electron chi connectivity index (χ4n) is 4.70. The van der Waals surface area contributed by atoms with Crippen LogP contribution in [0.1, 0.15) is 33.4 Å². The van der Waals surface area contributed by atoms with E-state index in [4.69, 9.17) is 30.4 Å². The molecular weight excluding hydrogens is 392 g/mol. The van der Waals surface area contributed by atoms with Gasteiger partial charge in [0.05, 0.1) is 50.8 Å². The van der Waals surface area contributed by atoms with Crippen LogP contribution in [0.15, 0.2) is 24.3 Å². The number of epoxide rings is 4. The zero-order valence-corrected chi connectivity index (χ0v) is 17.8. The number of benzene rings is 2. The van der Waals surface area contributed by atoms with Gasteiger partial charge in [-0.1, -0.05) is 12.1 Å². The lowest BCUT2D eigenvalue weighted by molar-refractivity contribution is 0.401. The SMILES string of the molecule is Nc1ccc(CC2CO2)c(CC2CO2)c1Cc1ccc(N)c(CC2CO2)c1CC1CO1. The van der Waals surface area contributed by atoms with Crippen LogP contribution in [0.25, 0.3) is 0 Å². The lowest BCUT2D eigenvalue weighted by Gasteiger charge is -2.20. The molecule has 2 aromatic carbocycles. The smallest absolute Gasteiger partial charge is 0.0851 e. The molecule has 6 heteroatoms. The summed E-state index contributed by atoms with van der Waals surface area (Å²) >= 11 is 0. The fourth-order valence-corrected chi connectivity index (χ4v) is 4.70. The van der Waals surface area contributed by atoms with Gasteiger partial charge in [0.1, 0.15) is 0 Å². The normalized spacial score (nSPS) is 27.9. The predicted molar refractivity (Wildman–Crippen MR) is 118 cm³/mol. The number of hydrogen-bond acceptors (Lipinski definition) is 6. The average molecular weight is 423 g/mol. The van der Waals surface area contributed by atoms with Gasteiger partial charge in [0.25, 0.3) is 0 Å². The Kier molecular flexibility index (Phi) is 4.91. The van der Waals surface area contributed by atoms with Gasteiger partial charge in [-0.15, -0.1) is 0 Å². The first-order valence-corrected chi connectivity index (χ1v) is 11.4. The van der Waals surface area contributed by atoms with Crippen LogP contribution >= 0.6 is 0 Å². The number of rotatable bonds is 10. The van der Waals surface area contributed by atoms with Crippen molar-refractivity contribution in [3.63, 3.8) is 0 Å². The Balaban J connectivity index is 1.38. The molecule has 4 saturated heterocycles. The maximum atomic E-state index is 6.56. The maximum Gasteiger partial charge on any atom is 0.0851 e. The second-order valence-corrected chi connectivity index (χ2v) is 9.36. The first-order valence-electron chi connectivity index (χ1n) is 11.4. The van der Waals surface area contributed by atoms with Gasteiger partial charge in [-0.2, -0.15) is 0 Å². The van der Waals surface area contributed by atoms with Crippen molar-refractivity contribution in [3.05, 3.63) is 57.6 Å². The molecule has 0 bridgehead atoms. The lowest BCUT2D eigenvalue weighted by Crippen LogP contribution is -2.13. The Morgan fingerprint density at radius 1 is 0.548 bits per heavy atom. The topological polar surface area (TPSA) is 102 Å². The summed E-state index contributed by atoms with van der Waals surface area (Å²) in [4.78, 5) is 0. The van der Waals surface area contributed by atoms with E-state index in [1.807, 2.05) is 6.07 Å². The molecule has 0 saturated carbocycles. The third-order valence-electron chi connectivity index (χ3n) is 6.85. The minimum Gasteiger partial charge on any atom is -0.398 e. The first-order chi connectivity index (χ1) is 15.1. The number of nitrogen functional groups attached to an aromatic ring is 2. The molecule has 2 aromatic rings. The minimum atomic E-state index is 0.297. The van der Waals surface area contributed by atoms with Crippen LogP contribution in [-0.4, -0.2) is 50.8 Å². The molecular formula is C25H30N2O4. The van der Waals surface area contributed by atoms with Crippen LogP contribution in [0.5, 0.6) is 0 Å². The van der Waals surface area contributed by atoms with Gasteiger partial charge in [-0.25, -0.2) is 0 Å². The molecule has 4 atom stereocenters. The van der Waals surface area contributed by atoms with Crippen molar-refractivity contribution in [2.45, 2.75) is 56.5 Å². The van der Waals surface area contributed by atoms with Crippen LogP contribution in [-0.2, 0) is 51.1 Å². The van der Waals surface area contributed by atoms with Gasteiger partial charge in [-0.3, -0.25) is 0 Å². The number of ether oxygens (including phenoxy) is 4. The summed E-state index contributed by atoms with van der Waals surface area (Å²) in [6.07, 6.45) is 5.70. The summed E-state index contributed by atoms with van der Waals surface area (Å²) in [5.41, 5.74) is 22.5. The van der Waals surface area contributed by atoms with E-state index in [9.17, 15) is 0 Å². The summed E-state index contributed by atoms with van der Waals surface area (Å²) in [6, 6.07) is 8.46. The summed E-state index contributed by atoms with van der Waals surface area (Å²) < 4.78 is 22.2. The maximum absolute atomic E-state index is 6.56. The summed E-state index contributed by atoms with van der Waals surface area (Å²) in [7, 11) is 0. The molecule has 4 aliphatic rings. The first kappa shape index (κ1) is 19.6. The van der Waals surface area contributed by atoms with Crippen molar-refractivity contribution in [2.75, 3.05) is 37.9 Å². The monoisotopic (exact) mass is 422 g/mol. The van der Waals surface area contributed by atoms with Gasteiger partial charge >= 0.3 is 0 Å².